The largest absolute Gasteiger partial charge is 0.481 e. The predicted octanol–water partition coefficient (Wildman–Crippen LogP) is -4.24. The monoisotopic (exact) mass is 407 g/mol. The molecule has 27 heavy (non-hydrogen) atoms. The van der Waals surface area contributed by atoms with Crippen molar-refractivity contribution < 1.29 is 39.0 Å². The summed E-state index contributed by atoms with van der Waals surface area (Å²) < 4.78 is 0. The van der Waals surface area contributed by atoms with Crippen molar-refractivity contribution in [3.05, 3.63) is 0 Å². The Hall–Kier alpha value is -2.87. The minimum absolute atomic E-state index is 0.0495. The van der Waals surface area contributed by atoms with Gasteiger partial charge in [0.05, 0.1) is 25.4 Å². The van der Waals surface area contributed by atoms with Crippen LogP contribution in [0.4, 0.5) is 0 Å². The fourth-order valence-corrected chi connectivity index (χ4v) is 1.85. The van der Waals surface area contributed by atoms with Crippen LogP contribution >= 0.6 is 12.6 Å². The summed E-state index contributed by atoms with van der Waals surface area (Å²) in [4.78, 5) is 67.9. The van der Waals surface area contributed by atoms with Gasteiger partial charge in [-0.05, 0) is 0 Å². The first-order valence-electron chi connectivity index (χ1n) is 7.44. The second-order valence-electron chi connectivity index (χ2n) is 5.29. The number of nitrogens with one attached hydrogen (secondary N) is 3. The minimum Gasteiger partial charge on any atom is -0.481 e. The molecule has 3 atom stereocenters. The summed E-state index contributed by atoms with van der Waals surface area (Å²) in [5.74, 6) is -6.71. The summed E-state index contributed by atoms with van der Waals surface area (Å²) in [5, 5.41) is 23.8. The van der Waals surface area contributed by atoms with Crippen LogP contribution < -0.4 is 27.4 Å². The van der Waals surface area contributed by atoms with Crippen LogP contribution in [0.2, 0.25) is 0 Å². The molecule has 0 bridgehead atoms. The Kier molecular flexibility index (Phi) is 10.4. The SMILES string of the molecule is NC(=O)CC(NC(=O)CNC(=O)C(CC(=O)O)NC(=O)C(N)CS)C(=O)O. The van der Waals surface area contributed by atoms with Gasteiger partial charge in [-0.25, -0.2) is 4.79 Å². The molecule has 0 aromatic heterocycles. The third-order valence-corrected chi connectivity index (χ3v) is 3.40. The number of amides is 4. The van der Waals surface area contributed by atoms with Crippen molar-refractivity contribution in [2.75, 3.05) is 12.3 Å². The molecule has 0 radical (unpaired) electrons. The molecule has 0 aliphatic carbocycles. The minimum atomic E-state index is -1.59. The van der Waals surface area contributed by atoms with Gasteiger partial charge in [-0.2, -0.15) is 12.6 Å². The first-order valence-corrected chi connectivity index (χ1v) is 8.07. The van der Waals surface area contributed by atoms with Gasteiger partial charge >= 0.3 is 11.9 Å². The van der Waals surface area contributed by atoms with E-state index in [-0.39, 0.29) is 5.75 Å². The van der Waals surface area contributed by atoms with E-state index in [1.54, 1.807) is 0 Å². The lowest BCUT2D eigenvalue weighted by Crippen LogP contribution is -2.54. The summed E-state index contributed by atoms with van der Waals surface area (Å²) >= 11 is 3.80. The zero-order valence-electron chi connectivity index (χ0n) is 14.0. The number of primary amides is 1. The maximum absolute atomic E-state index is 12.0. The van der Waals surface area contributed by atoms with E-state index in [2.05, 4.69) is 17.9 Å². The Bertz CT molecular complexity index is 614. The van der Waals surface area contributed by atoms with Crippen molar-refractivity contribution >= 4 is 48.2 Å². The zero-order valence-corrected chi connectivity index (χ0v) is 14.9. The molecule has 0 spiro atoms. The third kappa shape index (κ3) is 10.0. The van der Waals surface area contributed by atoms with Crippen LogP contribution in [0.25, 0.3) is 0 Å². The first kappa shape index (κ1) is 24.1. The van der Waals surface area contributed by atoms with Crippen molar-refractivity contribution in [3.8, 4) is 0 Å². The lowest BCUT2D eigenvalue weighted by atomic mass is 10.1. The van der Waals surface area contributed by atoms with Gasteiger partial charge in [-0.1, -0.05) is 0 Å². The van der Waals surface area contributed by atoms with Crippen LogP contribution in [-0.2, 0) is 28.8 Å². The lowest BCUT2D eigenvalue weighted by Gasteiger charge is -2.19. The molecule has 0 saturated carbocycles. The fraction of sp³-hybridized carbons (Fsp3) is 0.538. The van der Waals surface area contributed by atoms with Gasteiger partial charge in [0, 0.05) is 5.75 Å². The molecule has 4 amide bonds. The van der Waals surface area contributed by atoms with Gasteiger partial charge in [-0.15, -0.1) is 0 Å². The summed E-state index contributed by atoms with van der Waals surface area (Å²) in [7, 11) is 0. The summed E-state index contributed by atoms with van der Waals surface area (Å²) in [6, 6.07) is -4.18. The van der Waals surface area contributed by atoms with Crippen molar-refractivity contribution in [3.63, 3.8) is 0 Å². The molecule has 0 fully saturated rings. The van der Waals surface area contributed by atoms with Gasteiger partial charge in [0.2, 0.25) is 23.6 Å². The summed E-state index contributed by atoms with van der Waals surface area (Å²) in [6.45, 7) is -0.730. The number of hydrogen-bond acceptors (Lipinski definition) is 8. The number of hydrogen-bond donors (Lipinski definition) is 8. The highest BCUT2D eigenvalue weighted by Gasteiger charge is 2.27. The molecule has 0 aliphatic heterocycles. The molecular weight excluding hydrogens is 386 g/mol. The molecule has 152 valence electrons. The Labute approximate surface area is 158 Å². The molecular formula is C13H21N5O8S. The van der Waals surface area contributed by atoms with Crippen molar-refractivity contribution in [2.24, 2.45) is 11.5 Å². The normalized spacial score (nSPS) is 13.6. The molecule has 14 heteroatoms. The van der Waals surface area contributed by atoms with Gasteiger partial charge in [-0.3, -0.25) is 24.0 Å². The molecule has 0 saturated heterocycles. The highest BCUT2D eigenvalue weighted by molar-refractivity contribution is 7.80. The fourth-order valence-electron chi connectivity index (χ4n) is 1.68. The number of nitrogens with two attached hydrogens (primary N) is 2. The predicted molar refractivity (Wildman–Crippen MR) is 92.4 cm³/mol. The number of rotatable bonds is 12. The summed E-state index contributed by atoms with van der Waals surface area (Å²) in [5.41, 5.74) is 10.3. The van der Waals surface area contributed by atoms with E-state index in [0.29, 0.717) is 0 Å². The molecule has 3 unspecified atom stereocenters. The second kappa shape index (κ2) is 11.7. The van der Waals surface area contributed by atoms with Crippen molar-refractivity contribution in [2.45, 2.75) is 31.0 Å². The van der Waals surface area contributed by atoms with E-state index in [1.807, 2.05) is 10.6 Å². The average molecular weight is 407 g/mol. The highest BCUT2D eigenvalue weighted by atomic mass is 32.1. The van der Waals surface area contributed by atoms with E-state index in [4.69, 9.17) is 21.7 Å². The van der Waals surface area contributed by atoms with Crippen LogP contribution in [0.15, 0.2) is 0 Å². The Morgan fingerprint density at radius 3 is 1.96 bits per heavy atom. The average Bonchev–Trinajstić information content (AvgIpc) is 2.56. The number of carboxylic acid groups (broad SMARTS) is 2. The maximum atomic E-state index is 12.0. The van der Waals surface area contributed by atoms with Crippen molar-refractivity contribution in [1.82, 2.24) is 16.0 Å². The molecule has 13 nitrogen and oxygen atoms in total. The zero-order chi connectivity index (χ0) is 21.1. The molecule has 0 rings (SSSR count). The standard InChI is InChI=1S/C13H21N5O8S/c14-5(4-27)11(23)18-6(2-10(21)22)12(24)16-3-9(20)17-7(13(25)26)1-8(15)19/h5-7,27H,1-4,14H2,(H2,15,19)(H,16,24)(H,17,20)(H,18,23)(H,21,22)(H,25,26). The van der Waals surface area contributed by atoms with Crippen LogP contribution in [0, 0.1) is 0 Å². The first-order chi connectivity index (χ1) is 12.5. The number of carboxylic acids is 2. The maximum Gasteiger partial charge on any atom is 0.326 e. The number of aliphatic carboxylic acids is 2. The van der Waals surface area contributed by atoms with E-state index in [1.165, 1.54) is 0 Å². The Morgan fingerprint density at radius 2 is 1.52 bits per heavy atom. The van der Waals surface area contributed by atoms with E-state index in [0.717, 1.165) is 0 Å². The van der Waals surface area contributed by atoms with Crippen LogP contribution in [0.3, 0.4) is 0 Å². The van der Waals surface area contributed by atoms with E-state index in [9.17, 15) is 28.8 Å². The molecule has 0 aliphatic rings. The molecule has 0 aromatic rings. The van der Waals surface area contributed by atoms with Crippen LogP contribution in [0.1, 0.15) is 12.8 Å². The van der Waals surface area contributed by atoms with E-state index >= 15 is 0 Å². The lowest BCUT2D eigenvalue weighted by molar-refractivity contribution is -0.143. The molecule has 0 aromatic carbocycles. The smallest absolute Gasteiger partial charge is 0.326 e. The molecule has 9 N–H and O–H groups in total. The quantitative estimate of drug-likeness (QED) is 0.146. The highest BCUT2D eigenvalue weighted by Crippen LogP contribution is 1.96. The topological polar surface area (TPSA) is 231 Å². The van der Waals surface area contributed by atoms with Crippen molar-refractivity contribution in [1.29, 1.82) is 0 Å². The third-order valence-electron chi connectivity index (χ3n) is 3.01. The van der Waals surface area contributed by atoms with Crippen LogP contribution in [0.5, 0.6) is 0 Å². The second-order valence-corrected chi connectivity index (χ2v) is 5.66. The Balaban J connectivity index is 4.80. The number of thiol groups is 1. The van der Waals surface area contributed by atoms with Gasteiger partial charge in [0.1, 0.15) is 12.1 Å². The Morgan fingerprint density at radius 1 is 0.926 bits per heavy atom. The van der Waals surface area contributed by atoms with Crippen LogP contribution in [-0.4, -0.2) is 76.2 Å². The molecule has 0 heterocycles. The van der Waals surface area contributed by atoms with Gasteiger partial charge in [0.15, 0.2) is 0 Å². The van der Waals surface area contributed by atoms with E-state index < -0.39 is 73.1 Å². The number of carbonyl (C=O) groups excluding carboxylic acids is 4. The number of carbonyl (C=O) groups is 6. The van der Waals surface area contributed by atoms with Gasteiger partial charge in [0.25, 0.3) is 0 Å². The van der Waals surface area contributed by atoms with Gasteiger partial charge < -0.3 is 37.6 Å². The summed E-state index contributed by atoms with van der Waals surface area (Å²) in [6.07, 6.45) is -1.44.